The number of benzene rings is 1. The number of amides is 1. The van der Waals surface area contributed by atoms with Crippen LogP contribution in [0, 0.1) is 6.92 Å². The molecule has 1 heterocycles. The molecule has 0 spiro atoms. The summed E-state index contributed by atoms with van der Waals surface area (Å²) in [7, 11) is 0. The standard InChI is InChI=1S/C12H14BrNO3/c1-8-2-3-9(6-11(8)13)14-10(7-15)4-5-17-12(14)16/h2-3,6,10,15H,4-5,7H2,1H3. The number of anilines is 1. The van der Waals surface area contributed by atoms with Crippen LogP contribution in [0.4, 0.5) is 10.5 Å². The third kappa shape index (κ3) is 2.45. The predicted octanol–water partition coefficient (Wildman–Crippen LogP) is 2.47. The molecule has 1 saturated heterocycles. The molecule has 1 aromatic rings. The summed E-state index contributed by atoms with van der Waals surface area (Å²) in [5, 5.41) is 9.30. The van der Waals surface area contributed by atoms with Gasteiger partial charge in [-0.2, -0.15) is 0 Å². The third-order valence-corrected chi connectivity index (χ3v) is 3.74. The van der Waals surface area contributed by atoms with Crippen molar-refractivity contribution in [1.29, 1.82) is 0 Å². The Labute approximate surface area is 108 Å². The third-order valence-electron chi connectivity index (χ3n) is 2.88. The highest BCUT2D eigenvalue weighted by Gasteiger charge is 2.30. The molecule has 5 heteroatoms. The molecule has 0 aliphatic carbocycles. The van der Waals surface area contributed by atoms with Crippen molar-refractivity contribution in [3.63, 3.8) is 0 Å². The van der Waals surface area contributed by atoms with Gasteiger partial charge in [-0.1, -0.05) is 22.0 Å². The van der Waals surface area contributed by atoms with Crippen LogP contribution in [0.2, 0.25) is 0 Å². The molecule has 0 saturated carbocycles. The molecular formula is C12H14BrNO3. The molecule has 1 unspecified atom stereocenters. The van der Waals surface area contributed by atoms with Crippen molar-refractivity contribution in [3.8, 4) is 0 Å². The van der Waals surface area contributed by atoms with Gasteiger partial charge >= 0.3 is 6.09 Å². The zero-order valence-corrected chi connectivity index (χ0v) is 11.1. The van der Waals surface area contributed by atoms with Crippen molar-refractivity contribution in [1.82, 2.24) is 0 Å². The number of carbonyl (C=O) groups excluding carboxylic acids is 1. The molecule has 2 rings (SSSR count). The molecule has 1 amide bonds. The Kier molecular flexibility index (Phi) is 3.69. The summed E-state index contributed by atoms with van der Waals surface area (Å²) < 4.78 is 5.94. The summed E-state index contributed by atoms with van der Waals surface area (Å²) in [6, 6.07) is 5.45. The summed E-state index contributed by atoms with van der Waals surface area (Å²) in [6.07, 6.45) is 0.249. The molecule has 1 aromatic carbocycles. The highest BCUT2D eigenvalue weighted by molar-refractivity contribution is 9.10. The number of aliphatic hydroxyl groups is 1. The van der Waals surface area contributed by atoms with Gasteiger partial charge in [0.15, 0.2) is 0 Å². The van der Waals surface area contributed by atoms with Crippen molar-refractivity contribution in [2.75, 3.05) is 18.1 Å². The number of halogens is 1. The Balaban J connectivity index is 2.34. The minimum absolute atomic E-state index is 0.0550. The van der Waals surface area contributed by atoms with Gasteiger partial charge in [-0.3, -0.25) is 4.90 Å². The topological polar surface area (TPSA) is 49.8 Å². The van der Waals surface area contributed by atoms with Crippen LogP contribution in [0.5, 0.6) is 0 Å². The molecule has 0 bridgehead atoms. The van der Waals surface area contributed by atoms with E-state index in [1.807, 2.05) is 25.1 Å². The molecule has 0 radical (unpaired) electrons. The molecule has 1 aliphatic heterocycles. The quantitative estimate of drug-likeness (QED) is 0.913. The van der Waals surface area contributed by atoms with Crippen LogP contribution in [-0.4, -0.2) is 30.5 Å². The lowest BCUT2D eigenvalue weighted by atomic mass is 10.1. The number of ether oxygens (including phenoxy) is 1. The largest absolute Gasteiger partial charge is 0.449 e. The maximum absolute atomic E-state index is 11.7. The minimum Gasteiger partial charge on any atom is -0.449 e. The van der Waals surface area contributed by atoms with E-state index >= 15 is 0 Å². The fraction of sp³-hybridized carbons (Fsp3) is 0.417. The van der Waals surface area contributed by atoms with E-state index in [0.29, 0.717) is 13.0 Å². The second kappa shape index (κ2) is 5.06. The number of hydrogen-bond donors (Lipinski definition) is 1. The highest BCUT2D eigenvalue weighted by Crippen LogP contribution is 2.27. The maximum atomic E-state index is 11.7. The van der Waals surface area contributed by atoms with E-state index in [2.05, 4.69) is 15.9 Å². The second-order valence-corrected chi connectivity index (χ2v) is 4.90. The Hall–Kier alpha value is -1.07. The van der Waals surface area contributed by atoms with Crippen LogP contribution < -0.4 is 4.90 Å². The Morgan fingerprint density at radius 2 is 2.35 bits per heavy atom. The molecule has 1 atom stereocenters. The summed E-state index contributed by atoms with van der Waals surface area (Å²) >= 11 is 3.43. The SMILES string of the molecule is Cc1ccc(N2C(=O)OCCC2CO)cc1Br. The number of hydrogen-bond acceptors (Lipinski definition) is 3. The Bertz CT molecular complexity index is 436. The van der Waals surface area contributed by atoms with E-state index < -0.39 is 6.09 Å². The summed E-state index contributed by atoms with van der Waals surface area (Å²) in [5.41, 5.74) is 1.84. The first kappa shape index (κ1) is 12.4. The zero-order chi connectivity index (χ0) is 12.4. The van der Waals surface area contributed by atoms with Gasteiger partial charge in [0.05, 0.1) is 19.3 Å². The number of carbonyl (C=O) groups is 1. The lowest BCUT2D eigenvalue weighted by Crippen LogP contribution is -2.47. The molecule has 92 valence electrons. The van der Waals surface area contributed by atoms with Gasteiger partial charge in [0.2, 0.25) is 0 Å². The van der Waals surface area contributed by atoms with Gasteiger partial charge in [-0.05, 0) is 24.6 Å². The van der Waals surface area contributed by atoms with Gasteiger partial charge in [0.1, 0.15) is 0 Å². The lowest BCUT2D eigenvalue weighted by Gasteiger charge is -2.33. The number of rotatable bonds is 2. The smallest absolute Gasteiger partial charge is 0.414 e. The van der Waals surface area contributed by atoms with Crippen LogP contribution in [0.1, 0.15) is 12.0 Å². The van der Waals surface area contributed by atoms with Crippen molar-refractivity contribution in [3.05, 3.63) is 28.2 Å². The van der Waals surface area contributed by atoms with Crippen molar-refractivity contribution >= 4 is 27.7 Å². The van der Waals surface area contributed by atoms with Crippen LogP contribution in [0.15, 0.2) is 22.7 Å². The molecule has 4 nitrogen and oxygen atoms in total. The van der Waals surface area contributed by atoms with E-state index in [4.69, 9.17) is 4.74 Å². The highest BCUT2D eigenvalue weighted by atomic mass is 79.9. The minimum atomic E-state index is -0.397. The average Bonchev–Trinajstić information content (AvgIpc) is 2.32. The van der Waals surface area contributed by atoms with Crippen molar-refractivity contribution in [2.24, 2.45) is 0 Å². The molecule has 0 aromatic heterocycles. The van der Waals surface area contributed by atoms with Crippen LogP contribution in [0.3, 0.4) is 0 Å². The zero-order valence-electron chi connectivity index (χ0n) is 9.52. The summed E-state index contributed by atoms with van der Waals surface area (Å²) in [6.45, 7) is 2.29. The monoisotopic (exact) mass is 299 g/mol. The van der Waals surface area contributed by atoms with E-state index in [1.165, 1.54) is 4.90 Å². The van der Waals surface area contributed by atoms with E-state index in [0.717, 1.165) is 15.7 Å². The lowest BCUT2D eigenvalue weighted by molar-refractivity contribution is 0.116. The number of cyclic esters (lactones) is 1. The first-order valence-corrected chi connectivity index (χ1v) is 6.26. The second-order valence-electron chi connectivity index (χ2n) is 4.04. The maximum Gasteiger partial charge on any atom is 0.414 e. The molecule has 1 N–H and O–H groups in total. The molecule has 1 fully saturated rings. The van der Waals surface area contributed by atoms with Gasteiger partial charge < -0.3 is 9.84 Å². The predicted molar refractivity (Wildman–Crippen MR) is 68.2 cm³/mol. The van der Waals surface area contributed by atoms with Crippen LogP contribution in [-0.2, 0) is 4.74 Å². The first-order chi connectivity index (χ1) is 8.13. The van der Waals surface area contributed by atoms with Crippen LogP contribution in [0.25, 0.3) is 0 Å². The normalized spacial score (nSPS) is 20.3. The van der Waals surface area contributed by atoms with Gasteiger partial charge in [-0.25, -0.2) is 4.79 Å². The average molecular weight is 300 g/mol. The van der Waals surface area contributed by atoms with Gasteiger partial charge in [0, 0.05) is 16.6 Å². The van der Waals surface area contributed by atoms with E-state index in [1.54, 1.807) is 0 Å². The summed E-state index contributed by atoms with van der Waals surface area (Å²) in [4.78, 5) is 13.2. The number of nitrogens with zero attached hydrogens (tertiary/aromatic N) is 1. The van der Waals surface area contributed by atoms with Gasteiger partial charge in [-0.15, -0.1) is 0 Å². The van der Waals surface area contributed by atoms with E-state index in [9.17, 15) is 9.90 Å². The Morgan fingerprint density at radius 3 is 3.00 bits per heavy atom. The fourth-order valence-corrected chi connectivity index (χ4v) is 2.22. The van der Waals surface area contributed by atoms with Crippen molar-refractivity contribution in [2.45, 2.75) is 19.4 Å². The first-order valence-electron chi connectivity index (χ1n) is 5.46. The molecular weight excluding hydrogens is 286 g/mol. The number of aliphatic hydroxyl groups excluding tert-OH is 1. The van der Waals surface area contributed by atoms with E-state index in [-0.39, 0.29) is 12.6 Å². The van der Waals surface area contributed by atoms with Crippen molar-refractivity contribution < 1.29 is 14.6 Å². The fourth-order valence-electron chi connectivity index (χ4n) is 1.85. The number of aryl methyl sites for hydroxylation is 1. The van der Waals surface area contributed by atoms with Crippen LogP contribution >= 0.6 is 15.9 Å². The van der Waals surface area contributed by atoms with Gasteiger partial charge in [0.25, 0.3) is 0 Å². The molecule has 1 aliphatic rings. The Morgan fingerprint density at radius 1 is 1.59 bits per heavy atom. The molecule has 17 heavy (non-hydrogen) atoms. The summed E-state index contributed by atoms with van der Waals surface area (Å²) in [5.74, 6) is 0.